The number of benzene rings is 18. The zero-order valence-electron chi connectivity index (χ0n) is 62.0. The fourth-order valence-corrected chi connectivity index (χ4v) is 22.1. The van der Waals surface area contributed by atoms with E-state index in [0.717, 1.165) is 153 Å². The van der Waals surface area contributed by atoms with Crippen LogP contribution in [0.25, 0.3) is 203 Å². The average Bonchev–Trinajstić information content (AvgIpc) is 1.57. The molecule has 0 amide bonds. The molecule has 0 aliphatic heterocycles. The van der Waals surface area contributed by atoms with Gasteiger partial charge in [-0.05, 0) is 199 Å². The summed E-state index contributed by atoms with van der Waals surface area (Å²) in [5.41, 5.74) is 25.1. The summed E-state index contributed by atoms with van der Waals surface area (Å²) in [6, 6.07) is 137. The lowest BCUT2D eigenvalue weighted by Gasteiger charge is -2.26. The Hall–Kier alpha value is -14.1. The number of anilines is 6. The summed E-state index contributed by atoms with van der Waals surface area (Å²) in [6.07, 6.45) is 0. The summed E-state index contributed by atoms with van der Waals surface area (Å²) in [7, 11) is 0. The zero-order chi connectivity index (χ0) is 76.1. The minimum atomic E-state index is 0.822. The van der Waals surface area contributed by atoms with Crippen molar-refractivity contribution in [2.45, 2.75) is 0 Å². The van der Waals surface area contributed by atoms with E-state index in [1.165, 1.54) is 84.1 Å². The highest BCUT2D eigenvalue weighted by atomic mass is 32.1. The van der Waals surface area contributed by atoms with Gasteiger partial charge in [0, 0.05) is 102 Å². The summed E-state index contributed by atoms with van der Waals surface area (Å²) in [6.45, 7) is 0. The lowest BCUT2D eigenvalue weighted by atomic mass is 9.98. The molecule has 6 nitrogen and oxygen atoms in total. The van der Waals surface area contributed by atoms with Crippen molar-refractivity contribution < 1.29 is 8.83 Å². The Morgan fingerprint density at radius 3 is 1.31 bits per heavy atom. The number of fused-ring (bicyclic) bond motifs is 18. The molecule has 0 spiro atoms. The van der Waals surface area contributed by atoms with Crippen LogP contribution in [0, 0.1) is 0 Å². The van der Waals surface area contributed by atoms with E-state index in [1.54, 1.807) is 22.7 Å². The van der Waals surface area contributed by atoms with Gasteiger partial charge in [-0.25, -0.2) is 9.97 Å². The molecule has 542 valence electrons. The summed E-state index contributed by atoms with van der Waals surface area (Å²) in [5, 5.41) is 16.2. The summed E-state index contributed by atoms with van der Waals surface area (Å²) >= 11 is 7.12. The first-order valence-corrected chi connectivity index (χ1v) is 42.2. The number of thiazole rings is 2. The molecule has 0 N–H and O–H groups in total. The summed E-state index contributed by atoms with van der Waals surface area (Å²) in [5.74, 6) is 0. The van der Waals surface area contributed by atoms with E-state index in [2.05, 4.69) is 386 Å². The van der Waals surface area contributed by atoms with Crippen molar-refractivity contribution in [1.29, 1.82) is 0 Å². The number of thiophene rings is 2. The third kappa shape index (κ3) is 11.0. The first kappa shape index (κ1) is 66.5. The van der Waals surface area contributed by atoms with Gasteiger partial charge in [0.2, 0.25) is 0 Å². The van der Waals surface area contributed by atoms with Crippen LogP contribution in [0.15, 0.2) is 385 Å². The maximum atomic E-state index is 7.05. The van der Waals surface area contributed by atoms with Crippen LogP contribution >= 0.6 is 45.3 Å². The van der Waals surface area contributed by atoms with E-state index in [-0.39, 0.29) is 0 Å². The number of aromatic nitrogens is 2. The molecule has 10 heteroatoms. The van der Waals surface area contributed by atoms with Gasteiger partial charge < -0.3 is 18.6 Å². The van der Waals surface area contributed by atoms with Crippen LogP contribution < -0.4 is 9.80 Å². The van der Waals surface area contributed by atoms with Gasteiger partial charge in [0.1, 0.15) is 32.3 Å². The van der Waals surface area contributed by atoms with E-state index in [0.29, 0.717) is 0 Å². The first-order chi connectivity index (χ1) is 57.4. The Morgan fingerprint density at radius 1 is 0.224 bits per heavy atom. The highest BCUT2D eigenvalue weighted by Gasteiger charge is 2.25. The van der Waals surface area contributed by atoms with Crippen LogP contribution in [-0.4, -0.2) is 9.97 Å². The van der Waals surface area contributed by atoms with Crippen molar-refractivity contribution in [2.75, 3.05) is 9.80 Å². The van der Waals surface area contributed by atoms with Gasteiger partial charge in [0.15, 0.2) is 0 Å². The van der Waals surface area contributed by atoms with Crippen molar-refractivity contribution in [3.8, 4) is 76.8 Å². The lowest BCUT2D eigenvalue weighted by molar-refractivity contribution is 0.669. The monoisotopic (exact) mass is 1550 g/mol. The maximum absolute atomic E-state index is 7.05. The molecule has 18 aromatic carbocycles. The van der Waals surface area contributed by atoms with Gasteiger partial charge in [-0.2, -0.15) is 0 Å². The predicted octanol–water partition coefficient (Wildman–Crippen LogP) is 32.4. The Kier molecular flexibility index (Phi) is 15.4. The highest BCUT2D eigenvalue weighted by molar-refractivity contribution is 7.26. The van der Waals surface area contributed by atoms with Gasteiger partial charge in [-0.15, -0.1) is 45.3 Å². The molecule has 0 radical (unpaired) electrons. The Labute approximate surface area is 681 Å². The number of hydrogen-bond acceptors (Lipinski definition) is 10. The van der Waals surface area contributed by atoms with E-state index in [1.807, 2.05) is 22.7 Å². The second-order valence-corrected chi connectivity index (χ2v) is 33.9. The van der Waals surface area contributed by atoms with Crippen molar-refractivity contribution in [1.82, 2.24) is 9.97 Å². The molecular weight excluding hydrogens is 1490 g/mol. The summed E-state index contributed by atoms with van der Waals surface area (Å²) < 4.78 is 21.1. The van der Waals surface area contributed by atoms with Crippen molar-refractivity contribution >= 4 is 206 Å². The molecule has 0 aliphatic rings. The number of rotatable bonds is 13. The van der Waals surface area contributed by atoms with Crippen LogP contribution in [0.5, 0.6) is 0 Å². The fourth-order valence-electron chi connectivity index (χ4n) is 17.5. The molecule has 24 aromatic rings. The Bertz CT molecular complexity index is 8060. The number of nitrogens with zero attached hydrogens (tertiary/aromatic N) is 4. The molecule has 0 fully saturated rings. The topological polar surface area (TPSA) is 58.5 Å². The van der Waals surface area contributed by atoms with Gasteiger partial charge in [0.25, 0.3) is 0 Å². The van der Waals surface area contributed by atoms with Crippen molar-refractivity contribution in [3.05, 3.63) is 376 Å². The van der Waals surface area contributed by atoms with Gasteiger partial charge >= 0.3 is 0 Å². The van der Waals surface area contributed by atoms with Gasteiger partial charge in [-0.1, -0.05) is 249 Å². The first-order valence-electron chi connectivity index (χ1n) is 38.9. The number of hydrogen-bond donors (Lipinski definition) is 0. The molecule has 24 rings (SSSR count). The molecule has 0 unspecified atom stereocenters. The van der Waals surface area contributed by atoms with Crippen LogP contribution in [0.1, 0.15) is 0 Å². The Balaban J connectivity index is 0.537. The second-order valence-electron chi connectivity index (χ2n) is 29.8. The van der Waals surface area contributed by atoms with E-state index >= 15 is 0 Å². The fraction of sp³-hybridized carbons (Fsp3) is 0. The maximum Gasteiger partial charge on any atom is 0.137 e. The predicted molar refractivity (Wildman–Crippen MR) is 496 cm³/mol. The minimum absolute atomic E-state index is 0.822. The molecule has 0 saturated carbocycles. The molecule has 0 bridgehead atoms. The van der Waals surface area contributed by atoms with Gasteiger partial charge in [-0.3, -0.25) is 0 Å². The smallest absolute Gasteiger partial charge is 0.137 e. The molecule has 6 heterocycles. The van der Waals surface area contributed by atoms with Crippen LogP contribution in [-0.2, 0) is 0 Å². The third-order valence-electron chi connectivity index (χ3n) is 23.2. The van der Waals surface area contributed by atoms with Crippen LogP contribution in [0.4, 0.5) is 34.1 Å². The average molecular weight is 1550 g/mol. The largest absolute Gasteiger partial charge is 0.456 e. The molecular formula is C106H62N4O2S4. The quantitative estimate of drug-likeness (QED) is 0.115. The standard InChI is InChI=1S/C106H62N4O2S4/c1-2-17-70(18-3-1)106-108-101-88(62-95-100(104(101)116-106)87-55-44-73(60-94(87)112-95)63-35-45-74(46-36-63)109(78-53-58-98-89(61-78)84-24-9-10-29-96(84)113-98)75-49-39-67(40-50-75)81-25-12-19-65-15-4-6-21-79(65)81)69-31-33-71(34-32-69)105-107-90-56-57-92-99(103(90)115-105)86-54-43-72(59-93(86)111-92)64-37-47-76(48-38-64)110(91-28-14-27-85-83-23-8-11-30-97(83)114-102(85)91)77-51-41-68(42-52-77)82-26-13-20-66-16-5-7-22-80(66)82/h1-62H. The van der Waals surface area contributed by atoms with Crippen LogP contribution in [0.3, 0.4) is 0 Å². The third-order valence-corrected chi connectivity index (χ3v) is 27.8. The van der Waals surface area contributed by atoms with Crippen molar-refractivity contribution in [3.63, 3.8) is 0 Å². The molecule has 0 atom stereocenters. The molecule has 0 saturated heterocycles. The second kappa shape index (κ2) is 26.8. The Morgan fingerprint density at radius 2 is 0.672 bits per heavy atom. The number of furan rings is 2. The normalized spacial score (nSPS) is 12.0. The molecule has 0 aliphatic carbocycles. The lowest BCUT2D eigenvalue weighted by Crippen LogP contribution is -2.10. The van der Waals surface area contributed by atoms with Crippen LogP contribution in [0.2, 0.25) is 0 Å². The summed E-state index contributed by atoms with van der Waals surface area (Å²) in [4.78, 5) is 15.6. The molecule has 6 aromatic heterocycles. The van der Waals surface area contributed by atoms with Gasteiger partial charge in [0.05, 0.1) is 30.8 Å². The minimum Gasteiger partial charge on any atom is -0.456 e. The SMILES string of the molecule is c1ccc(-c2nc3c(-c4ccc(-c5nc6ccc7oc8cc(-c9ccc(N(c%10ccc(-c%11cccc%12ccccc%11%12)cc%10)c%10cccc%11c%10sc%10ccccc%10%11)cc9)ccc8c7c6s5)cc4)cc4oc5cc(-c6ccc(N(c7ccc(-c8cccc9ccccc89)cc7)c7ccc8sc9ccccc9c8c7)cc6)ccc5c4c3s2)cc1. The zero-order valence-corrected chi connectivity index (χ0v) is 65.3. The van der Waals surface area contributed by atoms with E-state index in [9.17, 15) is 0 Å². The highest BCUT2D eigenvalue weighted by Crippen LogP contribution is 2.51. The molecule has 116 heavy (non-hydrogen) atoms. The van der Waals surface area contributed by atoms with E-state index in [4.69, 9.17) is 18.8 Å². The van der Waals surface area contributed by atoms with Crippen molar-refractivity contribution in [2.24, 2.45) is 0 Å². The van der Waals surface area contributed by atoms with E-state index < -0.39 is 0 Å².